The van der Waals surface area contributed by atoms with Crippen LogP contribution in [0.2, 0.25) is 0 Å². The van der Waals surface area contributed by atoms with Gasteiger partial charge >= 0.3 is 0 Å². The molecule has 0 aromatic heterocycles. The van der Waals surface area contributed by atoms with Crippen LogP contribution in [0.4, 0.5) is 5.69 Å². The number of ether oxygens (including phenoxy) is 4. The first-order chi connectivity index (χ1) is 11.7. The average molecular weight is 328 g/mol. The minimum atomic E-state index is -0.0249. The van der Waals surface area contributed by atoms with Crippen molar-refractivity contribution in [3.05, 3.63) is 41.0 Å². The van der Waals surface area contributed by atoms with Crippen LogP contribution in [-0.2, 0) is 6.42 Å². The molecule has 6 heteroatoms. The fourth-order valence-electron chi connectivity index (χ4n) is 3.42. The molecule has 24 heavy (non-hydrogen) atoms. The number of anilines is 1. The molecule has 2 heterocycles. The van der Waals surface area contributed by atoms with Crippen molar-refractivity contribution in [1.82, 2.24) is 5.32 Å². The fraction of sp³-hybridized carbons (Fsp3) is 0.333. The maximum Gasteiger partial charge on any atom is 0.231 e. The van der Waals surface area contributed by atoms with Crippen molar-refractivity contribution in [2.75, 3.05) is 33.3 Å². The van der Waals surface area contributed by atoms with E-state index in [2.05, 4.69) is 5.32 Å². The predicted octanol–water partition coefficient (Wildman–Crippen LogP) is 2.25. The maximum absolute atomic E-state index is 6.35. The van der Waals surface area contributed by atoms with Crippen LogP contribution < -0.4 is 30.0 Å². The third-order valence-electron chi connectivity index (χ3n) is 4.62. The van der Waals surface area contributed by atoms with Crippen LogP contribution in [0.1, 0.15) is 22.7 Å². The van der Waals surface area contributed by atoms with Crippen LogP contribution in [-0.4, -0.2) is 27.6 Å². The van der Waals surface area contributed by atoms with Crippen molar-refractivity contribution in [1.29, 1.82) is 0 Å². The summed E-state index contributed by atoms with van der Waals surface area (Å²) in [6.07, 6.45) is 0.927. The largest absolute Gasteiger partial charge is 0.493 e. The zero-order chi connectivity index (χ0) is 16.7. The molecule has 0 radical (unpaired) electrons. The molecule has 0 saturated carbocycles. The van der Waals surface area contributed by atoms with Crippen molar-refractivity contribution in [3.8, 4) is 23.0 Å². The molecular formula is C18H20N2O4. The van der Waals surface area contributed by atoms with Crippen molar-refractivity contribution in [2.45, 2.75) is 12.5 Å². The van der Waals surface area contributed by atoms with Gasteiger partial charge in [-0.05, 0) is 35.7 Å². The zero-order valence-corrected chi connectivity index (χ0v) is 13.7. The number of benzene rings is 2. The molecule has 0 fully saturated rings. The highest BCUT2D eigenvalue weighted by atomic mass is 16.7. The van der Waals surface area contributed by atoms with Crippen molar-refractivity contribution in [3.63, 3.8) is 0 Å². The zero-order valence-electron chi connectivity index (χ0n) is 13.7. The Morgan fingerprint density at radius 1 is 1.08 bits per heavy atom. The van der Waals surface area contributed by atoms with E-state index in [0.29, 0.717) is 22.9 Å². The molecule has 1 atom stereocenters. The Kier molecular flexibility index (Phi) is 3.61. The van der Waals surface area contributed by atoms with E-state index in [0.717, 1.165) is 29.8 Å². The summed E-state index contributed by atoms with van der Waals surface area (Å²) in [6, 6.07) is 7.94. The minimum absolute atomic E-state index is 0.0249. The second-order valence-corrected chi connectivity index (χ2v) is 5.85. The smallest absolute Gasteiger partial charge is 0.231 e. The van der Waals surface area contributed by atoms with Crippen LogP contribution in [0.5, 0.6) is 23.0 Å². The molecule has 0 spiro atoms. The van der Waals surface area contributed by atoms with Crippen molar-refractivity contribution in [2.24, 2.45) is 0 Å². The predicted molar refractivity (Wildman–Crippen MR) is 90.1 cm³/mol. The summed E-state index contributed by atoms with van der Waals surface area (Å²) in [7, 11) is 3.29. The summed E-state index contributed by atoms with van der Waals surface area (Å²) in [6.45, 7) is 1.07. The summed E-state index contributed by atoms with van der Waals surface area (Å²) in [5.74, 6) is 2.78. The Bertz CT molecular complexity index is 791. The first-order valence-corrected chi connectivity index (χ1v) is 7.89. The Hall–Kier alpha value is -2.60. The number of rotatable bonds is 3. The Morgan fingerprint density at radius 2 is 1.88 bits per heavy atom. The van der Waals surface area contributed by atoms with Crippen LogP contribution in [0.25, 0.3) is 0 Å². The number of nitrogens with one attached hydrogen (secondary N) is 1. The normalized spacial score (nSPS) is 18.2. The molecule has 2 aliphatic heterocycles. The van der Waals surface area contributed by atoms with E-state index in [9.17, 15) is 0 Å². The number of hydrogen-bond acceptors (Lipinski definition) is 6. The first kappa shape index (κ1) is 15.0. The van der Waals surface area contributed by atoms with Gasteiger partial charge in [-0.1, -0.05) is 6.07 Å². The Labute approximate surface area is 140 Å². The molecule has 4 rings (SSSR count). The van der Waals surface area contributed by atoms with Gasteiger partial charge < -0.3 is 30.0 Å². The topological polar surface area (TPSA) is 75.0 Å². The van der Waals surface area contributed by atoms with Gasteiger partial charge in [-0.25, -0.2) is 0 Å². The van der Waals surface area contributed by atoms with Gasteiger partial charge in [0.15, 0.2) is 23.0 Å². The lowest BCUT2D eigenvalue weighted by Crippen LogP contribution is -2.31. The van der Waals surface area contributed by atoms with Crippen molar-refractivity contribution >= 4 is 5.69 Å². The molecule has 2 aromatic carbocycles. The summed E-state index contributed by atoms with van der Waals surface area (Å²) < 4.78 is 21.8. The minimum Gasteiger partial charge on any atom is -0.493 e. The van der Waals surface area contributed by atoms with E-state index in [1.165, 1.54) is 5.56 Å². The van der Waals surface area contributed by atoms with Crippen LogP contribution in [0, 0.1) is 0 Å². The first-order valence-electron chi connectivity index (χ1n) is 7.89. The lowest BCUT2D eigenvalue weighted by molar-refractivity contribution is 0.174. The summed E-state index contributed by atoms with van der Waals surface area (Å²) >= 11 is 0. The van der Waals surface area contributed by atoms with Gasteiger partial charge in [0, 0.05) is 12.1 Å². The van der Waals surface area contributed by atoms with Crippen LogP contribution in [0.15, 0.2) is 24.3 Å². The van der Waals surface area contributed by atoms with E-state index in [1.54, 1.807) is 14.2 Å². The highest BCUT2D eigenvalue weighted by Gasteiger charge is 2.28. The molecular weight excluding hydrogens is 308 g/mol. The lowest BCUT2D eigenvalue weighted by atomic mass is 9.88. The third-order valence-corrected chi connectivity index (χ3v) is 4.62. The Morgan fingerprint density at radius 3 is 2.67 bits per heavy atom. The molecule has 2 aromatic rings. The van der Waals surface area contributed by atoms with Crippen LogP contribution in [0.3, 0.4) is 0 Å². The molecule has 3 N–H and O–H groups in total. The number of methoxy groups -OCH3 is 2. The van der Waals surface area contributed by atoms with E-state index < -0.39 is 0 Å². The molecule has 1 unspecified atom stereocenters. The van der Waals surface area contributed by atoms with Gasteiger partial charge in [0.2, 0.25) is 6.79 Å². The Balaban J connectivity index is 1.82. The number of hydrogen-bond donors (Lipinski definition) is 2. The van der Waals surface area contributed by atoms with E-state index in [1.807, 2.05) is 24.3 Å². The van der Waals surface area contributed by atoms with E-state index in [-0.39, 0.29) is 12.8 Å². The molecule has 0 saturated heterocycles. The van der Waals surface area contributed by atoms with Gasteiger partial charge in [0.05, 0.1) is 25.9 Å². The maximum atomic E-state index is 6.35. The molecule has 2 aliphatic rings. The molecule has 0 bridgehead atoms. The van der Waals surface area contributed by atoms with E-state index in [4.69, 9.17) is 24.7 Å². The standard InChI is InChI=1S/C18H20N2O4/c1-21-14-7-10-5-6-20-17(12(10)8-15(14)22-2)11-3-4-13-18(16(11)19)24-9-23-13/h3-4,7-8,17,20H,5-6,9,19H2,1-2H3. The van der Waals surface area contributed by atoms with Gasteiger partial charge in [-0.15, -0.1) is 0 Å². The second kappa shape index (κ2) is 5.79. The summed E-state index contributed by atoms with van der Waals surface area (Å²) in [5.41, 5.74) is 10.3. The number of nitrogen functional groups attached to an aromatic ring is 1. The fourth-order valence-corrected chi connectivity index (χ4v) is 3.42. The second-order valence-electron chi connectivity index (χ2n) is 5.85. The number of nitrogens with two attached hydrogens (primary N) is 1. The van der Waals surface area contributed by atoms with Gasteiger partial charge in [-0.3, -0.25) is 0 Å². The third kappa shape index (κ3) is 2.22. The SMILES string of the molecule is COc1cc2c(cc1OC)C(c1ccc3c(c1N)OCO3)NCC2. The molecule has 0 amide bonds. The average Bonchev–Trinajstić information content (AvgIpc) is 3.10. The van der Waals surface area contributed by atoms with Gasteiger partial charge in [0.1, 0.15) is 0 Å². The highest BCUT2D eigenvalue weighted by molar-refractivity contribution is 5.68. The number of fused-ring (bicyclic) bond motifs is 2. The quantitative estimate of drug-likeness (QED) is 0.842. The monoisotopic (exact) mass is 328 g/mol. The lowest BCUT2D eigenvalue weighted by Gasteiger charge is -2.29. The van der Waals surface area contributed by atoms with Gasteiger partial charge in [-0.2, -0.15) is 0 Å². The highest BCUT2D eigenvalue weighted by Crippen LogP contribution is 2.45. The summed E-state index contributed by atoms with van der Waals surface area (Å²) in [5, 5.41) is 3.54. The molecule has 126 valence electrons. The molecule has 0 aliphatic carbocycles. The van der Waals surface area contributed by atoms with Gasteiger partial charge in [0.25, 0.3) is 0 Å². The van der Waals surface area contributed by atoms with E-state index >= 15 is 0 Å². The van der Waals surface area contributed by atoms with Crippen molar-refractivity contribution < 1.29 is 18.9 Å². The molecule has 6 nitrogen and oxygen atoms in total. The van der Waals surface area contributed by atoms with Crippen LogP contribution >= 0.6 is 0 Å². The summed E-state index contributed by atoms with van der Waals surface area (Å²) in [4.78, 5) is 0.